The van der Waals surface area contributed by atoms with Crippen molar-refractivity contribution >= 4 is 33.1 Å². The third kappa shape index (κ3) is 6.64. The Morgan fingerprint density at radius 2 is 2.11 bits per heavy atom. The minimum absolute atomic E-state index is 0.0000215. The molecule has 44 heavy (non-hydrogen) atoms. The number of methoxy groups -OCH3 is 1. The van der Waals surface area contributed by atoms with Crippen molar-refractivity contribution in [1.29, 1.82) is 0 Å². The van der Waals surface area contributed by atoms with E-state index in [1.165, 1.54) is 11.1 Å². The molecule has 2 aromatic rings. The SMILES string of the molecule is C=CCC[C@@H](CC)S(N)(=O)=NC(=O)c1ccc2c(c1)N(C[C@@H]1CC[C@H]1[C@H](C=C)OC)C[C@@]1(CCCc3cc(Cl)ccc31)CO2. The summed E-state index contributed by atoms with van der Waals surface area (Å²) in [5, 5.41) is 6.55. The quantitative estimate of drug-likeness (QED) is 0.261. The molecule has 1 fully saturated rings. The van der Waals surface area contributed by atoms with Gasteiger partial charge in [-0.1, -0.05) is 36.7 Å². The van der Waals surface area contributed by atoms with E-state index in [1.807, 2.05) is 31.2 Å². The third-order valence-electron chi connectivity index (χ3n) is 9.99. The molecular weight excluding hydrogens is 594 g/mol. The maximum Gasteiger partial charge on any atom is 0.286 e. The summed E-state index contributed by atoms with van der Waals surface area (Å²) < 4.78 is 29.9. The maximum atomic E-state index is 13.5. The molecular formula is C35H46ClN3O4S. The molecule has 1 spiro atoms. The first-order valence-electron chi connectivity index (χ1n) is 15.8. The van der Waals surface area contributed by atoms with Gasteiger partial charge in [-0.25, -0.2) is 9.35 Å². The molecule has 1 heterocycles. The summed E-state index contributed by atoms with van der Waals surface area (Å²) in [5.41, 5.74) is 3.54. The molecule has 1 unspecified atom stereocenters. The fraction of sp³-hybridized carbons (Fsp3) is 0.514. The molecule has 238 valence electrons. The van der Waals surface area contributed by atoms with Crippen LogP contribution in [-0.2, 0) is 26.5 Å². The number of aryl methyl sites for hydroxylation is 1. The van der Waals surface area contributed by atoms with Gasteiger partial charge in [0.15, 0.2) is 0 Å². The number of benzene rings is 2. The zero-order chi connectivity index (χ0) is 31.5. The highest BCUT2D eigenvalue weighted by Gasteiger charge is 2.44. The van der Waals surface area contributed by atoms with Crippen molar-refractivity contribution in [3.63, 3.8) is 0 Å². The van der Waals surface area contributed by atoms with Gasteiger partial charge in [-0.05, 0) is 105 Å². The summed E-state index contributed by atoms with van der Waals surface area (Å²) in [4.78, 5) is 15.9. The zero-order valence-electron chi connectivity index (χ0n) is 26.0. The second-order valence-corrected chi connectivity index (χ2v) is 15.1. The van der Waals surface area contributed by atoms with Crippen molar-refractivity contribution < 1.29 is 18.5 Å². The van der Waals surface area contributed by atoms with Crippen molar-refractivity contribution in [2.75, 3.05) is 31.7 Å². The average Bonchev–Trinajstić information content (AvgIpc) is 3.14. The van der Waals surface area contributed by atoms with E-state index in [0.29, 0.717) is 43.3 Å². The number of fused-ring (bicyclic) bond motifs is 3. The number of hydrogen-bond acceptors (Lipinski definition) is 5. The minimum Gasteiger partial charge on any atom is -0.490 e. The number of nitrogens with zero attached hydrogens (tertiary/aromatic N) is 2. The summed E-state index contributed by atoms with van der Waals surface area (Å²) in [6.07, 6.45) is 10.7. The first-order valence-corrected chi connectivity index (χ1v) is 17.8. The molecule has 9 heteroatoms. The fourth-order valence-corrected chi connectivity index (χ4v) is 9.06. The average molecular weight is 640 g/mol. The monoisotopic (exact) mass is 639 g/mol. The number of anilines is 1. The van der Waals surface area contributed by atoms with Crippen LogP contribution in [-0.4, -0.2) is 48.3 Å². The van der Waals surface area contributed by atoms with Crippen LogP contribution in [0.1, 0.15) is 73.4 Å². The lowest BCUT2D eigenvalue weighted by molar-refractivity contribution is 0.0135. The van der Waals surface area contributed by atoms with Gasteiger partial charge in [-0.2, -0.15) is 0 Å². The van der Waals surface area contributed by atoms with E-state index in [-0.39, 0.29) is 16.8 Å². The lowest BCUT2D eigenvalue weighted by Gasteiger charge is -2.46. The molecule has 2 aliphatic carbocycles. The van der Waals surface area contributed by atoms with Gasteiger partial charge in [-0.15, -0.1) is 17.5 Å². The number of halogens is 1. The molecule has 2 N–H and O–H groups in total. The smallest absolute Gasteiger partial charge is 0.286 e. The molecule has 0 radical (unpaired) electrons. The summed E-state index contributed by atoms with van der Waals surface area (Å²) >= 11 is 6.42. The molecule has 5 rings (SSSR count). The van der Waals surface area contributed by atoms with E-state index in [0.717, 1.165) is 61.7 Å². The second-order valence-electron chi connectivity index (χ2n) is 12.6. The van der Waals surface area contributed by atoms with E-state index in [2.05, 4.69) is 34.6 Å². The largest absolute Gasteiger partial charge is 0.490 e. The predicted octanol–water partition coefficient (Wildman–Crippen LogP) is 7.27. The lowest BCUT2D eigenvalue weighted by Crippen LogP contribution is -2.49. The van der Waals surface area contributed by atoms with Crippen LogP contribution >= 0.6 is 11.6 Å². The van der Waals surface area contributed by atoms with E-state index in [4.69, 9.17) is 26.2 Å². The zero-order valence-corrected chi connectivity index (χ0v) is 27.6. The highest BCUT2D eigenvalue weighted by atomic mass is 35.5. The van der Waals surface area contributed by atoms with Gasteiger partial charge in [0.2, 0.25) is 0 Å². The predicted molar refractivity (Wildman–Crippen MR) is 180 cm³/mol. The number of hydrogen-bond donors (Lipinski definition) is 1. The van der Waals surface area contributed by atoms with Crippen LogP contribution in [0, 0.1) is 11.8 Å². The minimum atomic E-state index is -3.23. The number of ether oxygens (including phenoxy) is 2. The maximum absolute atomic E-state index is 13.5. The first-order chi connectivity index (χ1) is 21.1. The van der Waals surface area contributed by atoms with Gasteiger partial charge in [-0.3, -0.25) is 4.79 Å². The van der Waals surface area contributed by atoms with Crippen molar-refractivity contribution in [3.05, 3.63) is 83.4 Å². The first kappa shape index (κ1) is 32.7. The Labute approximate surface area is 268 Å². The third-order valence-corrected chi connectivity index (χ3v) is 12.2. The molecule has 1 saturated carbocycles. The highest BCUT2D eigenvalue weighted by molar-refractivity contribution is 7.92. The van der Waals surface area contributed by atoms with Crippen LogP contribution in [0.2, 0.25) is 5.02 Å². The van der Waals surface area contributed by atoms with Crippen molar-refractivity contribution in [3.8, 4) is 5.75 Å². The van der Waals surface area contributed by atoms with Gasteiger partial charge in [0.25, 0.3) is 5.91 Å². The molecule has 0 aromatic heterocycles. The van der Waals surface area contributed by atoms with Gasteiger partial charge in [0, 0.05) is 36.2 Å². The van der Waals surface area contributed by atoms with E-state index in [1.54, 1.807) is 19.3 Å². The summed E-state index contributed by atoms with van der Waals surface area (Å²) in [7, 11) is -1.49. The molecule has 2 aromatic carbocycles. The highest BCUT2D eigenvalue weighted by Crippen LogP contribution is 2.47. The van der Waals surface area contributed by atoms with Crippen molar-refractivity contribution in [2.24, 2.45) is 21.3 Å². The van der Waals surface area contributed by atoms with Gasteiger partial charge < -0.3 is 14.4 Å². The number of allylic oxidation sites excluding steroid dienone is 1. The van der Waals surface area contributed by atoms with E-state index in [9.17, 15) is 9.00 Å². The summed E-state index contributed by atoms with van der Waals surface area (Å²) in [6.45, 7) is 11.7. The van der Waals surface area contributed by atoms with Crippen LogP contribution < -0.4 is 14.8 Å². The number of nitrogens with two attached hydrogens (primary N) is 1. The van der Waals surface area contributed by atoms with Gasteiger partial charge >= 0.3 is 0 Å². The van der Waals surface area contributed by atoms with Crippen molar-refractivity contribution in [1.82, 2.24) is 0 Å². The Morgan fingerprint density at radius 3 is 2.80 bits per heavy atom. The van der Waals surface area contributed by atoms with Crippen molar-refractivity contribution in [2.45, 2.75) is 75.1 Å². The molecule has 6 atom stereocenters. The molecule has 3 aliphatic rings. The molecule has 7 nitrogen and oxygen atoms in total. The van der Waals surface area contributed by atoms with E-state index >= 15 is 0 Å². The molecule has 1 aliphatic heterocycles. The van der Waals surface area contributed by atoms with Gasteiger partial charge in [0.1, 0.15) is 15.7 Å². The van der Waals surface area contributed by atoms with Crippen LogP contribution in [0.25, 0.3) is 0 Å². The van der Waals surface area contributed by atoms with Crippen LogP contribution in [0.3, 0.4) is 0 Å². The number of amides is 1. The standard InChI is InChI=1S/C35H46ClN3O4S/c1-5-8-11-28(6-2)44(37,41)38-34(40)25-13-17-33-31(20-25)39(21-26-12-15-29(26)32(7-3)42-4)22-35(23-43-33)18-9-10-24-19-27(36)14-16-30(24)35/h5,7,13-14,16-17,19-20,26,28-29,32H,1,3,6,8-12,15,18,21-23H2,2,4H3,(H2,37,38,40,41)/t26-,28+,29+,32-,35-,44?/m0/s1. The molecule has 0 bridgehead atoms. The Kier molecular flexibility index (Phi) is 10.2. The molecule has 1 amide bonds. The Balaban J connectivity index is 1.52. The topological polar surface area (TPSA) is 94.2 Å². The van der Waals surface area contributed by atoms with Crippen LogP contribution in [0.4, 0.5) is 5.69 Å². The van der Waals surface area contributed by atoms with Crippen LogP contribution in [0.5, 0.6) is 5.75 Å². The summed E-state index contributed by atoms with van der Waals surface area (Å²) in [5.74, 6) is 0.938. The number of carbonyl (C=O) groups is 1. The van der Waals surface area contributed by atoms with E-state index < -0.39 is 15.8 Å². The Morgan fingerprint density at radius 1 is 1.30 bits per heavy atom. The fourth-order valence-electron chi connectivity index (χ4n) is 7.40. The normalized spacial score (nSPS) is 25.2. The molecule has 0 saturated heterocycles. The van der Waals surface area contributed by atoms with Crippen LogP contribution in [0.15, 0.2) is 66.1 Å². The Bertz CT molecular complexity index is 1520. The lowest BCUT2D eigenvalue weighted by atomic mass is 9.68. The summed E-state index contributed by atoms with van der Waals surface area (Å²) in [6, 6.07) is 11.6. The number of carbonyl (C=O) groups excluding carboxylic acids is 1. The Hall–Kier alpha value is -2.65. The second kappa shape index (κ2) is 13.8. The number of rotatable bonds is 11. The van der Waals surface area contributed by atoms with Gasteiger partial charge in [0.05, 0.1) is 23.6 Å².